The van der Waals surface area contributed by atoms with E-state index < -0.39 is 0 Å². The predicted octanol–water partition coefficient (Wildman–Crippen LogP) is 8.18. The summed E-state index contributed by atoms with van der Waals surface area (Å²) in [5.74, 6) is 0.210. The predicted molar refractivity (Wildman–Crippen MR) is 127 cm³/mol. The Labute approximate surface area is 182 Å². The van der Waals surface area contributed by atoms with Crippen molar-refractivity contribution in [1.29, 1.82) is 0 Å². The number of para-hydroxylation sites is 1. The zero-order valence-corrected chi connectivity index (χ0v) is 18.8. The lowest BCUT2D eigenvalue weighted by Crippen LogP contribution is -2.08. The van der Waals surface area contributed by atoms with Crippen molar-refractivity contribution in [1.82, 2.24) is 4.98 Å². The molecule has 0 aliphatic rings. The molecule has 3 nitrogen and oxygen atoms in total. The van der Waals surface area contributed by atoms with Gasteiger partial charge in [-0.3, -0.25) is 4.79 Å². The standard InChI is InChI=1S/C27H39NO2/c1-2-3-4-5-6-7-8-9-10-11-12-13-14-15-16-21-27(29)30-26-23-22-24-19-17-18-20-25(24)28-26/h9-10,17-20,22-23H,2-8,11-16,21H2,1H3/b10-9+. The van der Waals surface area contributed by atoms with Crippen LogP contribution in [0.25, 0.3) is 10.9 Å². The molecule has 0 amide bonds. The van der Waals surface area contributed by atoms with Gasteiger partial charge in [0.15, 0.2) is 0 Å². The fourth-order valence-electron chi connectivity index (χ4n) is 3.61. The first kappa shape index (κ1) is 24.1. The van der Waals surface area contributed by atoms with Gasteiger partial charge in [-0.15, -0.1) is 0 Å². The van der Waals surface area contributed by atoms with Gasteiger partial charge in [0.25, 0.3) is 0 Å². The highest BCUT2D eigenvalue weighted by Gasteiger charge is 2.06. The Morgan fingerprint density at radius 1 is 0.800 bits per heavy atom. The third-order valence-electron chi connectivity index (χ3n) is 5.43. The van der Waals surface area contributed by atoms with Crippen LogP contribution in [0, 0.1) is 0 Å². The second-order valence-electron chi connectivity index (χ2n) is 8.15. The number of aromatic nitrogens is 1. The molecule has 2 aromatic rings. The molecule has 0 saturated heterocycles. The molecule has 1 aromatic heterocycles. The summed E-state index contributed by atoms with van der Waals surface area (Å²) in [5.41, 5.74) is 0.851. The Balaban J connectivity index is 1.43. The Morgan fingerprint density at radius 2 is 1.43 bits per heavy atom. The highest BCUT2D eigenvalue weighted by Crippen LogP contribution is 2.17. The van der Waals surface area contributed by atoms with Gasteiger partial charge in [0.2, 0.25) is 5.88 Å². The first-order valence-electron chi connectivity index (χ1n) is 12.0. The van der Waals surface area contributed by atoms with Crippen molar-refractivity contribution >= 4 is 16.9 Å². The maximum atomic E-state index is 12.0. The summed E-state index contributed by atoms with van der Waals surface area (Å²) in [6.45, 7) is 2.27. The lowest BCUT2D eigenvalue weighted by atomic mass is 10.1. The highest BCUT2D eigenvalue weighted by molar-refractivity contribution is 5.79. The Morgan fingerprint density at radius 3 is 2.17 bits per heavy atom. The van der Waals surface area contributed by atoms with Crippen LogP contribution in [-0.2, 0) is 4.79 Å². The van der Waals surface area contributed by atoms with E-state index >= 15 is 0 Å². The lowest BCUT2D eigenvalue weighted by Gasteiger charge is -2.05. The maximum absolute atomic E-state index is 12.0. The molecule has 0 atom stereocenters. The molecule has 0 saturated carbocycles. The van der Waals surface area contributed by atoms with E-state index in [-0.39, 0.29) is 5.97 Å². The van der Waals surface area contributed by atoms with Crippen molar-refractivity contribution in [3.8, 4) is 5.88 Å². The van der Waals surface area contributed by atoms with Crippen LogP contribution >= 0.6 is 0 Å². The van der Waals surface area contributed by atoms with Gasteiger partial charge in [-0.1, -0.05) is 88.6 Å². The van der Waals surface area contributed by atoms with Crippen molar-refractivity contribution in [2.75, 3.05) is 0 Å². The molecule has 0 unspecified atom stereocenters. The number of fused-ring (bicyclic) bond motifs is 1. The zero-order valence-electron chi connectivity index (χ0n) is 18.8. The normalized spacial score (nSPS) is 11.4. The number of esters is 1. The van der Waals surface area contributed by atoms with Gasteiger partial charge in [-0.2, -0.15) is 0 Å². The van der Waals surface area contributed by atoms with Crippen molar-refractivity contribution in [3.63, 3.8) is 0 Å². The van der Waals surface area contributed by atoms with Gasteiger partial charge in [0.1, 0.15) is 0 Å². The monoisotopic (exact) mass is 409 g/mol. The molecular formula is C27H39NO2. The number of hydrogen-bond donors (Lipinski definition) is 0. The summed E-state index contributed by atoms with van der Waals surface area (Å²) >= 11 is 0. The average Bonchev–Trinajstić information content (AvgIpc) is 2.76. The molecule has 164 valence electrons. The summed E-state index contributed by atoms with van der Waals surface area (Å²) in [7, 11) is 0. The summed E-state index contributed by atoms with van der Waals surface area (Å²) in [6, 6.07) is 11.5. The van der Waals surface area contributed by atoms with Gasteiger partial charge >= 0.3 is 5.97 Å². The van der Waals surface area contributed by atoms with Crippen LogP contribution in [0.2, 0.25) is 0 Å². The molecule has 0 radical (unpaired) electrons. The van der Waals surface area contributed by atoms with Crippen molar-refractivity contribution in [2.24, 2.45) is 0 Å². The second-order valence-corrected chi connectivity index (χ2v) is 8.15. The Bertz CT molecular complexity index is 753. The number of pyridine rings is 1. The van der Waals surface area contributed by atoms with Crippen molar-refractivity contribution in [3.05, 3.63) is 48.6 Å². The zero-order chi connectivity index (χ0) is 21.3. The van der Waals surface area contributed by atoms with E-state index in [2.05, 4.69) is 24.1 Å². The van der Waals surface area contributed by atoms with Crippen LogP contribution in [0.4, 0.5) is 0 Å². The molecule has 30 heavy (non-hydrogen) atoms. The molecule has 1 heterocycles. The molecule has 0 bridgehead atoms. The van der Waals surface area contributed by atoms with E-state index in [1.165, 1.54) is 70.6 Å². The Kier molecular flexibility index (Phi) is 12.6. The number of nitrogens with zero attached hydrogens (tertiary/aromatic N) is 1. The first-order chi connectivity index (χ1) is 14.8. The molecule has 0 N–H and O–H groups in total. The van der Waals surface area contributed by atoms with E-state index in [1.807, 2.05) is 30.3 Å². The molecular weight excluding hydrogens is 370 g/mol. The van der Waals surface area contributed by atoms with Crippen LogP contribution in [0.1, 0.15) is 96.8 Å². The molecule has 0 aliphatic heterocycles. The minimum Gasteiger partial charge on any atom is -0.407 e. The summed E-state index contributed by atoms with van der Waals surface area (Å²) in [5, 5.41) is 1.05. The fourth-order valence-corrected chi connectivity index (χ4v) is 3.61. The van der Waals surface area contributed by atoms with Gasteiger partial charge in [-0.05, 0) is 44.2 Å². The minimum absolute atomic E-state index is 0.185. The summed E-state index contributed by atoms with van der Waals surface area (Å²) in [6.07, 6.45) is 21.5. The van der Waals surface area contributed by atoms with E-state index in [4.69, 9.17) is 4.74 Å². The average molecular weight is 410 g/mol. The van der Waals surface area contributed by atoms with Crippen LogP contribution in [0.3, 0.4) is 0 Å². The molecule has 0 aliphatic carbocycles. The number of hydrogen-bond acceptors (Lipinski definition) is 3. The number of unbranched alkanes of at least 4 members (excludes halogenated alkanes) is 11. The van der Waals surface area contributed by atoms with Crippen LogP contribution in [0.5, 0.6) is 5.88 Å². The van der Waals surface area contributed by atoms with E-state index in [9.17, 15) is 4.79 Å². The fraction of sp³-hybridized carbons (Fsp3) is 0.556. The lowest BCUT2D eigenvalue weighted by molar-refractivity contribution is -0.134. The second kappa shape index (κ2) is 15.6. The van der Waals surface area contributed by atoms with E-state index in [0.29, 0.717) is 12.3 Å². The molecule has 1 aromatic carbocycles. The molecule has 0 spiro atoms. The van der Waals surface area contributed by atoms with Crippen LogP contribution in [0.15, 0.2) is 48.6 Å². The summed E-state index contributed by atoms with van der Waals surface area (Å²) in [4.78, 5) is 16.4. The van der Waals surface area contributed by atoms with Crippen LogP contribution in [-0.4, -0.2) is 11.0 Å². The molecule has 2 rings (SSSR count). The quantitative estimate of drug-likeness (QED) is 0.159. The third kappa shape index (κ3) is 10.6. The van der Waals surface area contributed by atoms with Crippen LogP contribution < -0.4 is 4.74 Å². The van der Waals surface area contributed by atoms with Gasteiger partial charge in [0.05, 0.1) is 5.52 Å². The van der Waals surface area contributed by atoms with Gasteiger partial charge in [-0.25, -0.2) is 4.98 Å². The smallest absolute Gasteiger partial charge is 0.312 e. The van der Waals surface area contributed by atoms with Gasteiger partial charge < -0.3 is 4.74 Å². The number of carbonyl (C=O) groups excluding carboxylic acids is 1. The molecule has 3 heteroatoms. The van der Waals surface area contributed by atoms with Crippen molar-refractivity contribution in [2.45, 2.75) is 96.8 Å². The van der Waals surface area contributed by atoms with Crippen molar-refractivity contribution < 1.29 is 9.53 Å². The number of carbonyl (C=O) groups is 1. The number of benzene rings is 1. The van der Waals surface area contributed by atoms with Gasteiger partial charge in [0, 0.05) is 17.9 Å². The van der Waals surface area contributed by atoms with E-state index in [0.717, 1.165) is 23.7 Å². The number of allylic oxidation sites excluding steroid dienone is 2. The third-order valence-corrected chi connectivity index (χ3v) is 5.43. The largest absolute Gasteiger partial charge is 0.407 e. The maximum Gasteiger partial charge on any atom is 0.312 e. The summed E-state index contributed by atoms with van der Waals surface area (Å²) < 4.78 is 5.38. The Hall–Kier alpha value is -2.16. The SMILES string of the molecule is CCCCCCCC/C=C/CCCCCCCC(=O)Oc1ccc2ccccc2n1. The number of ether oxygens (including phenoxy) is 1. The minimum atomic E-state index is -0.185. The first-order valence-corrected chi connectivity index (χ1v) is 12.0. The molecule has 0 fully saturated rings. The number of rotatable bonds is 16. The van der Waals surface area contributed by atoms with E-state index in [1.54, 1.807) is 6.07 Å². The topological polar surface area (TPSA) is 39.2 Å². The highest BCUT2D eigenvalue weighted by atomic mass is 16.5.